The number of carboxylic acids is 1. The Morgan fingerprint density at radius 3 is 2.33 bits per heavy atom. The van der Waals surface area contributed by atoms with Gasteiger partial charge < -0.3 is 31.8 Å². The van der Waals surface area contributed by atoms with Crippen molar-refractivity contribution in [1.82, 2.24) is 20.9 Å². The van der Waals surface area contributed by atoms with E-state index in [1.807, 2.05) is 30.5 Å². The maximum absolute atomic E-state index is 13.1. The Morgan fingerprint density at radius 2 is 1.72 bits per heavy atom. The zero-order valence-corrected chi connectivity index (χ0v) is 22.3. The van der Waals surface area contributed by atoms with Crippen molar-refractivity contribution in [2.24, 2.45) is 11.7 Å². The smallest absolute Gasteiger partial charge is 0.326 e. The predicted molar refractivity (Wildman–Crippen MR) is 145 cm³/mol. The Bertz CT molecular complexity index is 1060. The number of hydrogen-bond donors (Lipinski definition) is 7. The van der Waals surface area contributed by atoms with Crippen molar-refractivity contribution in [2.45, 2.75) is 50.9 Å². The summed E-state index contributed by atoms with van der Waals surface area (Å²) in [6.45, 7) is 3.46. The van der Waals surface area contributed by atoms with Gasteiger partial charge in [0.2, 0.25) is 17.7 Å². The molecule has 0 aliphatic heterocycles. The Kier molecular flexibility index (Phi) is 11.6. The lowest BCUT2D eigenvalue weighted by Crippen LogP contribution is -2.59. The number of aliphatic carboxylic acids is 1. The molecule has 12 heteroatoms. The maximum atomic E-state index is 13.1. The van der Waals surface area contributed by atoms with E-state index in [-0.39, 0.29) is 18.1 Å². The second kappa shape index (κ2) is 14.1. The molecule has 198 valence electrons. The molecule has 0 aliphatic carbocycles. The molecule has 7 N–H and O–H groups in total. The monoisotopic (exact) mass is 537 g/mol. The maximum Gasteiger partial charge on any atom is 0.326 e. The number of para-hydroxylation sites is 1. The van der Waals surface area contributed by atoms with E-state index in [4.69, 9.17) is 5.73 Å². The fourth-order valence-corrected chi connectivity index (χ4v) is 4.37. The average molecular weight is 538 g/mol. The van der Waals surface area contributed by atoms with Crippen LogP contribution in [0.15, 0.2) is 30.5 Å². The van der Waals surface area contributed by atoms with Gasteiger partial charge >= 0.3 is 5.97 Å². The summed E-state index contributed by atoms with van der Waals surface area (Å²) in [7, 11) is 0. The number of H-pyrrole nitrogens is 1. The van der Waals surface area contributed by atoms with Crippen LogP contribution < -0.4 is 21.7 Å². The van der Waals surface area contributed by atoms with Crippen molar-refractivity contribution in [3.8, 4) is 0 Å². The lowest BCUT2D eigenvalue weighted by molar-refractivity contribution is -0.142. The van der Waals surface area contributed by atoms with Gasteiger partial charge in [0.1, 0.15) is 18.1 Å². The number of nitrogens with two attached hydrogens (primary N) is 1. The van der Waals surface area contributed by atoms with Crippen molar-refractivity contribution in [3.05, 3.63) is 36.0 Å². The molecule has 0 radical (unpaired) electrons. The highest BCUT2D eigenvalue weighted by Crippen LogP contribution is 2.19. The summed E-state index contributed by atoms with van der Waals surface area (Å²) in [5.74, 6) is -2.56. The normalized spacial score (nSPS) is 14.6. The largest absolute Gasteiger partial charge is 0.480 e. The van der Waals surface area contributed by atoms with Gasteiger partial charge in [0.25, 0.3) is 0 Å². The molecule has 1 aromatic carbocycles. The van der Waals surface area contributed by atoms with Crippen molar-refractivity contribution in [1.29, 1.82) is 0 Å². The predicted octanol–water partition coefficient (Wildman–Crippen LogP) is 0.916. The fraction of sp³-hybridized carbons (Fsp3) is 0.500. The van der Waals surface area contributed by atoms with Crippen LogP contribution in [0.5, 0.6) is 0 Å². The first-order valence-corrected chi connectivity index (χ1v) is 13.7. The second-order valence-corrected chi connectivity index (χ2v) is 10.2. The number of aromatic nitrogens is 1. The molecular weight excluding hydrogens is 502 g/mol. The molecule has 2 aromatic rings. The number of thioether (sulfide) groups is 1. The summed E-state index contributed by atoms with van der Waals surface area (Å²) in [6.07, 6.45) is 4.14. The quantitative estimate of drug-likeness (QED) is 0.176. The molecule has 3 amide bonds. The van der Waals surface area contributed by atoms with Crippen LogP contribution in [0.3, 0.4) is 0 Å². The summed E-state index contributed by atoms with van der Waals surface area (Å²) in [5, 5.41) is 18.4. The molecule has 0 bridgehead atoms. The minimum atomic E-state index is -1.20. The van der Waals surface area contributed by atoms with Crippen LogP contribution in [0, 0.1) is 5.92 Å². The van der Waals surface area contributed by atoms with Crippen molar-refractivity contribution < 1.29 is 24.3 Å². The van der Waals surface area contributed by atoms with Crippen LogP contribution in [0.2, 0.25) is 0 Å². The Hall–Kier alpha value is -2.70. The van der Waals surface area contributed by atoms with Gasteiger partial charge in [0.05, 0.1) is 6.04 Å². The molecule has 4 unspecified atom stereocenters. The molecule has 0 saturated carbocycles. The van der Waals surface area contributed by atoms with Crippen LogP contribution in [-0.4, -0.2) is 75.7 Å². The molecule has 0 fully saturated rings. The van der Waals surface area contributed by atoms with Gasteiger partial charge in [0.15, 0.2) is 0 Å². The Morgan fingerprint density at radius 1 is 1.06 bits per heavy atom. The third-order valence-electron chi connectivity index (χ3n) is 5.75. The first-order valence-electron chi connectivity index (χ1n) is 11.6. The van der Waals surface area contributed by atoms with Gasteiger partial charge in [-0.05, 0) is 36.0 Å². The van der Waals surface area contributed by atoms with E-state index in [0.29, 0.717) is 12.2 Å². The third-order valence-corrected chi connectivity index (χ3v) is 6.75. The third kappa shape index (κ3) is 8.17. The number of hydrogen-bond acceptors (Lipinski definition) is 7. The molecule has 1 heterocycles. The highest BCUT2D eigenvalue weighted by molar-refractivity contribution is 7.98. The zero-order chi connectivity index (χ0) is 26.8. The number of thiol groups is 1. The van der Waals surface area contributed by atoms with Crippen molar-refractivity contribution in [3.63, 3.8) is 0 Å². The fourth-order valence-electron chi connectivity index (χ4n) is 3.62. The lowest BCUT2D eigenvalue weighted by Gasteiger charge is -2.26. The summed E-state index contributed by atoms with van der Waals surface area (Å²) in [6, 6.07) is 3.48. The van der Waals surface area contributed by atoms with E-state index in [1.54, 1.807) is 31.8 Å². The van der Waals surface area contributed by atoms with E-state index in [9.17, 15) is 24.3 Å². The summed E-state index contributed by atoms with van der Waals surface area (Å²) in [5.41, 5.74) is 7.49. The molecule has 1 aromatic heterocycles. The standard InChI is InChI=1S/C24H35N5O5S2/c1-13(2)20(29-22(31)19(12-35)28-21(30)16(25)8-9-36-3)23(32)27-18(24(33)34)10-14-11-26-17-7-5-4-6-15(14)17/h4-7,11,13,16,18-20,26,35H,8-10,12,25H2,1-3H3,(H,27,32)(H,28,30)(H,29,31)(H,33,34). The van der Waals surface area contributed by atoms with E-state index < -0.39 is 47.9 Å². The number of amides is 3. The lowest BCUT2D eigenvalue weighted by atomic mass is 10.0. The van der Waals surface area contributed by atoms with E-state index in [1.165, 1.54) is 0 Å². The summed E-state index contributed by atoms with van der Waals surface area (Å²) >= 11 is 5.71. The van der Waals surface area contributed by atoms with Crippen LogP contribution >= 0.6 is 24.4 Å². The molecule has 36 heavy (non-hydrogen) atoms. The van der Waals surface area contributed by atoms with E-state index >= 15 is 0 Å². The minimum Gasteiger partial charge on any atom is -0.480 e. The number of fused-ring (bicyclic) bond motifs is 1. The van der Waals surface area contributed by atoms with Crippen molar-refractivity contribution in [2.75, 3.05) is 17.8 Å². The highest BCUT2D eigenvalue weighted by atomic mass is 32.2. The topological polar surface area (TPSA) is 166 Å². The zero-order valence-electron chi connectivity index (χ0n) is 20.6. The highest BCUT2D eigenvalue weighted by Gasteiger charge is 2.31. The molecule has 4 atom stereocenters. The molecule has 0 aliphatic rings. The number of aromatic amines is 1. The van der Waals surface area contributed by atoms with Gasteiger partial charge in [0, 0.05) is 29.3 Å². The van der Waals surface area contributed by atoms with Crippen LogP contribution in [-0.2, 0) is 25.6 Å². The number of carbonyl (C=O) groups is 4. The average Bonchev–Trinajstić information content (AvgIpc) is 3.25. The number of nitrogens with one attached hydrogen (secondary N) is 4. The van der Waals surface area contributed by atoms with Gasteiger partial charge in [-0.1, -0.05) is 32.0 Å². The second-order valence-electron chi connectivity index (χ2n) is 8.83. The molecule has 0 saturated heterocycles. The van der Waals surface area contributed by atoms with Gasteiger partial charge in [-0.2, -0.15) is 24.4 Å². The van der Waals surface area contributed by atoms with Crippen molar-refractivity contribution >= 4 is 59.0 Å². The number of benzene rings is 1. The Balaban J connectivity index is 2.07. The Labute approximate surface area is 220 Å². The van der Waals surface area contributed by atoms with Gasteiger partial charge in [-0.15, -0.1) is 0 Å². The molecule has 0 spiro atoms. The first kappa shape index (κ1) is 29.5. The minimum absolute atomic E-state index is 0.00241. The number of carbonyl (C=O) groups excluding carboxylic acids is 3. The molecular formula is C24H35N5O5S2. The van der Waals surface area contributed by atoms with E-state index in [0.717, 1.165) is 16.5 Å². The SMILES string of the molecule is CSCCC(N)C(=O)NC(CS)C(=O)NC(C(=O)NC(Cc1c[nH]c2ccccc12)C(=O)O)C(C)C. The van der Waals surface area contributed by atoms with E-state index in [2.05, 4.69) is 33.6 Å². The van der Waals surface area contributed by atoms with Crippen LogP contribution in [0.1, 0.15) is 25.8 Å². The number of carboxylic acid groups (broad SMARTS) is 1. The molecule has 2 rings (SSSR count). The summed E-state index contributed by atoms with van der Waals surface area (Å²) < 4.78 is 0. The number of rotatable bonds is 14. The van der Waals surface area contributed by atoms with Crippen LogP contribution in [0.4, 0.5) is 0 Å². The first-order chi connectivity index (χ1) is 17.1. The van der Waals surface area contributed by atoms with Gasteiger partial charge in [-0.3, -0.25) is 14.4 Å². The van der Waals surface area contributed by atoms with Crippen LogP contribution in [0.25, 0.3) is 10.9 Å². The molecule has 10 nitrogen and oxygen atoms in total. The summed E-state index contributed by atoms with van der Waals surface area (Å²) in [4.78, 5) is 53.3. The van der Waals surface area contributed by atoms with Gasteiger partial charge in [-0.25, -0.2) is 4.79 Å².